The molecule has 5 nitrogen and oxygen atoms in total. The first-order valence-electron chi connectivity index (χ1n) is 6.34. The minimum Gasteiger partial charge on any atom is -0.391 e. The first kappa shape index (κ1) is 14.3. The van der Waals surface area contributed by atoms with Gasteiger partial charge in [0.2, 0.25) is 0 Å². The van der Waals surface area contributed by atoms with Gasteiger partial charge in [0.25, 0.3) is 0 Å². The normalized spacial score (nSPS) is 23.3. The number of carbonyl (C=O) groups excluding carboxylic acids is 1. The number of piperidine rings is 1. The van der Waals surface area contributed by atoms with Gasteiger partial charge in [0.1, 0.15) is 4.60 Å². The van der Waals surface area contributed by atoms with Crippen LogP contribution in [0.15, 0.2) is 16.7 Å². The molecule has 2 amide bonds. The van der Waals surface area contributed by atoms with Gasteiger partial charge in [-0.3, -0.25) is 0 Å². The molecule has 6 heteroatoms. The second-order valence-electron chi connectivity index (χ2n) is 5.00. The van der Waals surface area contributed by atoms with Gasteiger partial charge < -0.3 is 15.3 Å². The van der Waals surface area contributed by atoms with Crippen molar-refractivity contribution >= 4 is 27.6 Å². The zero-order chi connectivity index (χ0) is 14.0. The lowest BCUT2D eigenvalue weighted by molar-refractivity contribution is 0.0463. The molecule has 19 heavy (non-hydrogen) atoms. The number of likely N-dealkylation sites (tertiary alicyclic amines) is 1. The van der Waals surface area contributed by atoms with E-state index in [1.54, 1.807) is 4.90 Å². The van der Waals surface area contributed by atoms with Gasteiger partial charge in [0.05, 0.1) is 11.8 Å². The van der Waals surface area contributed by atoms with E-state index in [1.807, 2.05) is 26.0 Å². The molecule has 0 bridgehead atoms. The Hall–Kier alpha value is -1.14. The summed E-state index contributed by atoms with van der Waals surface area (Å²) >= 11 is 3.33. The predicted molar refractivity (Wildman–Crippen MR) is 77.1 cm³/mol. The number of nitrogens with zero attached hydrogens (tertiary/aromatic N) is 2. The van der Waals surface area contributed by atoms with E-state index < -0.39 is 6.10 Å². The Bertz CT molecular complexity index is 481. The number of pyridine rings is 1. The highest BCUT2D eigenvalue weighted by atomic mass is 79.9. The Balaban J connectivity index is 2.01. The highest BCUT2D eigenvalue weighted by molar-refractivity contribution is 9.10. The summed E-state index contributed by atoms with van der Waals surface area (Å²) in [6.07, 6.45) is 0.376. The van der Waals surface area contributed by atoms with E-state index in [-0.39, 0.29) is 11.9 Å². The highest BCUT2D eigenvalue weighted by Gasteiger charge is 2.27. The molecule has 2 unspecified atom stereocenters. The fourth-order valence-corrected chi connectivity index (χ4v) is 2.56. The van der Waals surface area contributed by atoms with Gasteiger partial charge in [0.15, 0.2) is 0 Å². The largest absolute Gasteiger partial charge is 0.391 e. The summed E-state index contributed by atoms with van der Waals surface area (Å²) in [6.45, 7) is 4.93. The molecule has 2 rings (SSSR count). The number of hydrogen-bond donors (Lipinski definition) is 2. The summed E-state index contributed by atoms with van der Waals surface area (Å²) in [6, 6.07) is 3.46. The summed E-state index contributed by atoms with van der Waals surface area (Å²) < 4.78 is 0.617. The number of urea groups is 1. The summed E-state index contributed by atoms with van der Waals surface area (Å²) in [7, 11) is 0. The molecular weight excluding hydrogens is 310 g/mol. The lowest BCUT2D eigenvalue weighted by Crippen LogP contribution is -2.47. The predicted octanol–water partition coefficient (Wildman–Crippen LogP) is 2.39. The van der Waals surface area contributed by atoms with Crippen LogP contribution in [-0.2, 0) is 0 Å². The SMILES string of the molecule is Cc1ccc(NC(=O)N2CCC(C)C(O)C2)c(Br)n1. The molecule has 1 aliphatic heterocycles. The Kier molecular flexibility index (Phi) is 4.42. The van der Waals surface area contributed by atoms with E-state index in [0.717, 1.165) is 12.1 Å². The Morgan fingerprint density at radius 1 is 1.58 bits per heavy atom. The first-order chi connectivity index (χ1) is 8.97. The third kappa shape index (κ3) is 3.45. The summed E-state index contributed by atoms with van der Waals surface area (Å²) in [4.78, 5) is 18.0. The van der Waals surface area contributed by atoms with Gasteiger partial charge in [-0.05, 0) is 47.3 Å². The lowest BCUT2D eigenvalue weighted by atomic mass is 9.96. The van der Waals surface area contributed by atoms with E-state index in [4.69, 9.17) is 0 Å². The maximum atomic E-state index is 12.1. The third-order valence-corrected chi connectivity index (χ3v) is 4.04. The Morgan fingerprint density at radius 2 is 2.32 bits per heavy atom. The molecule has 1 fully saturated rings. The fourth-order valence-electron chi connectivity index (χ4n) is 2.05. The number of carbonyl (C=O) groups is 1. The average Bonchev–Trinajstić information content (AvgIpc) is 2.36. The van der Waals surface area contributed by atoms with Crippen molar-refractivity contribution in [2.45, 2.75) is 26.4 Å². The number of aliphatic hydroxyl groups is 1. The quantitative estimate of drug-likeness (QED) is 0.778. The monoisotopic (exact) mass is 327 g/mol. The number of hydrogen-bond acceptors (Lipinski definition) is 3. The molecular formula is C13H18BrN3O2. The maximum absolute atomic E-state index is 12.1. The van der Waals surface area contributed by atoms with Crippen LogP contribution < -0.4 is 5.32 Å². The standard InChI is InChI=1S/C13H18BrN3O2/c1-8-5-6-17(7-11(8)18)13(19)16-10-4-3-9(2)15-12(10)14/h3-4,8,11,18H,5-7H2,1-2H3,(H,16,19). The molecule has 0 spiro atoms. The molecule has 2 N–H and O–H groups in total. The smallest absolute Gasteiger partial charge is 0.322 e. The minimum absolute atomic E-state index is 0.197. The van der Waals surface area contributed by atoms with Crippen molar-refractivity contribution in [3.63, 3.8) is 0 Å². The molecule has 0 aliphatic carbocycles. The number of nitrogens with one attached hydrogen (secondary N) is 1. The average molecular weight is 328 g/mol. The summed E-state index contributed by atoms with van der Waals surface area (Å²) in [5.74, 6) is 0.247. The first-order valence-corrected chi connectivity index (χ1v) is 7.14. The van der Waals surface area contributed by atoms with E-state index in [0.29, 0.717) is 23.4 Å². The van der Waals surface area contributed by atoms with Crippen molar-refractivity contribution in [2.24, 2.45) is 5.92 Å². The second-order valence-corrected chi connectivity index (χ2v) is 5.75. The molecule has 2 atom stereocenters. The van der Waals surface area contributed by atoms with Crippen LogP contribution in [0.5, 0.6) is 0 Å². The van der Waals surface area contributed by atoms with Crippen LogP contribution in [0.1, 0.15) is 19.0 Å². The molecule has 0 aromatic carbocycles. The van der Waals surface area contributed by atoms with Crippen LogP contribution in [0, 0.1) is 12.8 Å². The van der Waals surface area contributed by atoms with E-state index in [2.05, 4.69) is 26.2 Å². The molecule has 1 aliphatic rings. The topological polar surface area (TPSA) is 65.5 Å². The lowest BCUT2D eigenvalue weighted by Gasteiger charge is -2.34. The molecule has 2 heterocycles. The molecule has 0 saturated carbocycles. The van der Waals surface area contributed by atoms with Gasteiger partial charge >= 0.3 is 6.03 Å². The number of aryl methyl sites for hydroxylation is 1. The van der Waals surface area contributed by atoms with Crippen LogP contribution in [0.4, 0.5) is 10.5 Å². The van der Waals surface area contributed by atoms with Gasteiger partial charge in [-0.15, -0.1) is 0 Å². The highest BCUT2D eigenvalue weighted by Crippen LogP contribution is 2.22. The van der Waals surface area contributed by atoms with Crippen LogP contribution in [0.3, 0.4) is 0 Å². The van der Waals surface area contributed by atoms with Crippen molar-refractivity contribution < 1.29 is 9.90 Å². The van der Waals surface area contributed by atoms with E-state index in [1.165, 1.54) is 0 Å². The summed E-state index contributed by atoms with van der Waals surface area (Å²) in [5.41, 5.74) is 1.52. The number of halogens is 1. The van der Waals surface area contributed by atoms with Crippen molar-refractivity contribution in [1.29, 1.82) is 0 Å². The van der Waals surface area contributed by atoms with Gasteiger partial charge in [-0.2, -0.15) is 0 Å². The van der Waals surface area contributed by atoms with Crippen LogP contribution in [0.2, 0.25) is 0 Å². The fraction of sp³-hybridized carbons (Fsp3) is 0.538. The number of aliphatic hydroxyl groups excluding tert-OH is 1. The number of anilines is 1. The molecule has 1 aromatic heterocycles. The molecule has 1 aromatic rings. The maximum Gasteiger partial charge on any atom is 0.322 e. The van der Waals surface area contributed by atoms with E-state index >= 15 is 0 Å². The number of rotatable bonds is 1. The number of amides is 2. The zero-order valence-electron chi connectivity index (χ0n) is 11.1. The van der Waals surface area contributed by atoms with Gasteiger partial charge in [0, 0.05) is 18.8 Å². The number of β-amino-alcohol motifs (C(OH)–C–C–N with tert-alkyl or cyclic N) is 1. The van der Waals surface area contributed by atoms with E-state index in [9.17, 15) is 9.90 Å². The molecule has 104 valence electrons. The van der Waals surface area contributed by atoms with Gasteiger partial charge in [-0.25, -0.2) is 9.78 Å². The summed E-state index contributed by atoms with van der Waals surface area (Å²) in [5, 5.41) is 12.6. The van der Waals surface area contributed by atoms with Crippen molar-refractivity contribution in [3.8, 4) is 0 Å². The van der Waals surface area contributed by atoms with Crippen molar-refractivity contribution in [3.05, 3.63) is 22.4 Å². The van der Waals surface area contributed by atoms with Gasteiger partial charge in [-0.1, -0.05) is 6.92 Å². The second kappa shape index (κ2) is 5.88. The molecule has 0 radical (unpaired) electrons. The Morgan fingerprint density at radius 3 is 2.95 bits per heavy atom. The third-order valence-electron chi connectivity index (χ3n) is 3.44. The minimum atomic E-state index is -0.445. The zero-order valence-corrected chi connectivity index (χ0v) is 12.6. The molecule has 1 saturated heterocycles. The van der Waals surface area contributed by atoms with Crippen LogP contribution in [-0.4, -0.2) is 40.2 Å². The number of aromatic nitrogens is 1. The van der Waals surface area contributed by atoms with Crippen molar-refractivity contribution in [2.75, 3.05) is 18.4 Å². The Labute approximate surface area is 121 Å². The van der Waals surface area contributed by atoms with Crippen molar-refractivity contribution in [1.82, 2.24) is 9.88 Å². The van der Waals surface area contributed by atoms with Crippen LogP contribution >= 0.6 is 15.9 Å². The van der Waals surface area contributed by atoms with Crippen LogP contribution in [0.25, 0.3) is 0 Å².